The number of piperazine rings is 1. The molecule has 0 saturated carbocycles. The lowest BCUT2D eigenvalue weighted by Gasteiger charge is -2.36. The second kappa shape index (κ2) is 10.1. The van der Waals surface area contributed by atoms with Crippen LogP contribution in [0.15, 0.2) is 47.8 Å². The highest BCUT2D eigenvalue weighted by Crippen LogP contribution is 2.15. The third-order valence-electron chi connectivity index (χ3n) is 4.63. The molecule has 6 nitrogen and oxygen atoms in total. The number of hydrogen-bond donors (Lipinski definition) is 2. The molecule has 0 aliphatic carbocycles. The van der Waals surface area contributed by atoms with Crippen molar-refractivity contribution in [2.75, 3.05) is 50.7 Å². The molecule has 0 atom stereocenters. The lowest BCUT2D eigenvalue weighted by molar-refractivity contribution is -0.121. The van der Waals surface area contributed by atoms with Crippen LogP contribution in [0.5, 0.6) is 0 Å². The molecule has 2 heterocycles. The molecule has 1 aromatic carbocycles. The second-order valence-electron chi connectivity index (χ2n) is 6.50. The van der Waals surface area contributed by atoms with E-state index in [9.17, 15) is 9.59 Å². The Hall–Kier alpha value is -2.38. The van der Waals surface area contributed by atoms with Crippen molar-refractivity contribution in [2.24, 2.45) is 0 Å². The molecule has 7 heteroatoms. The van der Waals surface area contributed by atoms with Crippen LogP contribution in [-0.4, -0.2) is 62.5 Å². The van der Waals surface area contributed by atoms with Gasteiger partial charge in [0.2, 0.25) is 5.91 Å². The van der Waals surface area contributed by atoms with E-state index in [4.69, 9.17) is 0 Å². The summed E-state index contributed by atoms with van der Waals surface area (Å²) in [7, 11) is 0. The van der Waals surface area contributed by atoms with Crippen molar-refractivity contribution in [2.45, 2.75) is 6.42 Å². The van der Waals surface area contributed by atoms with Gasteiger partial charge < -0.3 is 15.5 Å². The van der Waals surface area contributed by atoms with Crippen LogP contribution >= 0.6 is 11.3 Å². The number of carbonyl (C=O) groups is 2. The summed E-state index contributed by atoms with van der Waals surface area (Å²) in [6, 6.07) is 14.1. The molecule has 144 valence electrons. The Bertz CT molecular complexity index is 713. The maximum absolute atomic E-state index is 11.9. The zero-order valence-electron chi connectivity index (χ0n) is 15.4. The fraction of sp³-hybridized carbons (Fsp3) is 0.400. The first-order chi connectivity index (χ1) is 13.2. The number of hydrogen-bond acceptors (Lipinski definition) is 5. The lowest BCUT2D eigenvalue weighted by atomic mass is 10.2. The Balaban J connectivity index is 1.26. The van der Waals surface area contributed by atoms with Gasteiger partial charge in [0.1, 0.15) is 0 Å². The smallest absolute Gasteiger partial charge is 0.261 e. The Morgan fingerprint density at radius 1 is 0.926 bits per heavy atom. The number of rotatable bonds is 8. The third kappa shape index (κ3) is 6.08. The van der Waals surface area contributed by atoms with Gasteiger partial charge in [-0.1, -0.05) is 24.3 Å². The molecule has 27 heavy (non-hydrogen) atoms. The van der Waals surface area contributed by atoms with E-state index in [0.29, 0.717) is 24.4 Å². The minimum Gasteiger partial charge on any atom is -0.369 e. The van der Waals surface area contributed by atoms with Gasteiger partial charge >= 0.3 is 0 Å². The Kier molecular flexibility index (Phi) is 7.24. The van der Waals surface area contributed by atoms with Crippen molar-refractivity contribution in [3.8, 4) is 0 Å². The molecular formula is C20H26N4O2S. The number of nitrogens with one attached hydrogen (secondary N) is 2. The quantitative estimate of drug-likeness (QED) is 0.726. The Morgan fingerprint density at radius 2 is 1.70 bits per heavy atom. The molecule has 1 aliphatic rings. The van der Waals surface area contributed by atoms with Gasteiger partial charge in [-0.05, 0) is 23.6 Å². The maximum atomic E-state index is 11.9. The van der Waals surface area contributed by atoms with Gasteiger partial charge in [0, 0.05) is 57.9 Å². The van der Waals surface area contributed by atoms with Crippen LogP contribution in [-0.2, 0) is 4.79 Å². The number of anilines is 1. The summed E-state index contributed by atoms with van der Waals surface area (Å²) >= 11 is 1.40. The van der Waals surface area contributed by atoms with Gasteiger partial charge in [0.05, 0.1) is 4.88 Å². The largest absolute Gasteiger partial charge is 0.369 e. The molecule has 1 saturated heterocycles. The van der Waals surface area contributed by atoms with E-state index in [0.717, 1.165) is 32.7 Å². The van der Waals surface area contributed by atoms with E-state index in [1.54, 1.807) is 6.07 Å². The summed E-state index contributed by atoms with van der Waals surface area (Å²) in [5.41, 5.74) is 1.27. The molecule has 2 aromatic rings. The minimum atomic E-state index is -0.117. The number of nitrogens with zero attached hydrogens (tertiary/aromatic N) is 2. The molecule has 0 bridgehead atoms. The van der Waals surface area contributed by atoms with Crippen molar-refractivity contribution < 1.29 is 9.59 Å². The predicted octanol–water partition coefficient (Wildman–Crippen LogP) is 1.81. The molecule has 2 amide bonds. The van der Waals surface area contributed by atoms with Crippen LogP contribution in [0.25, 0.3) is 0 Å². The van der Waals surface area contributed by atoms with E-state index in [-0.39, 0.29) is 11.8 Å². The van der Waals surface area contributed by atoms with Crippen molar-refractivity contribution >= 4 is 28.8 Å². The molecule has 0 spiro atoms. The summed E-state index contributed by atoms with van der Waals surface area (Å²) in [5.74, 6) is -0.140. The maximum Gasteiger partial charge on any atom is 0.261 e. The molecule has 1 aliphatic heterocycles. The van der Waals surface area contributed by atoms with Gasteiger partial charge in [0.15, 0.2) is 0 Å². The van der Waals surface area contributed by atoms with E-state index in [1.165, 1.54) is 17.0 Å². The fourth-order valence-electron chi connectivity index (χ4n) is 3.09. The van der Waals surface area contributed by atoms with E-state index < -0.39 is 0 Å². The summed E-state index contributed by atoms with van der Waals surface area (Å²) in [4.78, 5) is 29.1. The number of benzene rings is 1. The first-order valence-corrected chi connectivity index (χ1v) is 10.2. The van der Waals surface area contributed by atoms with Crippen molar-refractivity contribution in [1.29, 1.82) is 0 Å². The highest BCUT2D eigenvalue weighted by Gasteiger charge is 2.16. The van der Waals surface area contributed by atoms with Gasteiger partial charge in [-0.2, -0.15) is 0 Å². The van der Waals surface area contributed by atoms with E-state index in [1.807, 2.05) is 17.5 Å². The fourth-order valence-corrected chi connectivity index (χ4v) is 3.73. The third-order valence-corrected chi connectivity index (χ3v) is 5.50. The topological polar surface area (TPSA) is 64.7 Å². The van der Waals surface area contributed by atoms with Crippen LogP contribution < -0.4 is 15.5 Å². The summed E-state index contributed by atoms with van der Waals surface area (Å²) < 4.78 is 0. The lowest BCUT2D eigenvalue weighted by Crippen LogP contribution is -2.48. The normalized spacial score (nSPS) is 14.7. The number of carbonyl (C=O) groups excluding carboxylic acids is 2. The summed E-state index contributed by atoms with van der Waals surface area (Å²) in [6.45, 7) is 5.87. The van der Waals surface area contributed by atoms with E-state index >= 15 is 0 Å². The molecule has 0 unspecified atom stereocenters. The standard InChI is InChI=1S/C20H26N4O2S/c25-19(8-9-22-20(26)18-7-4-16-27-18)21-10-11-23-12-14-24(15-13-23)17-5-2-1-3-6-17/h1-7,16H,8-15H2,(H,21,25)(H,22,26). The van der Waals surface area contributed by atoms with Crippen LogP contribution in [0, 0.1) is 0 Å². The molecular weight excluding hydrogens is 360 g/mol. The highest BCUT2D eigenvalue weighted by atomic mass is 32.1. The van der Waals surface area contributed by atoms with Crippen molar-refractivity contribution in [3.05, 3.63) is 52.7 Å². The minimum absolute atomic E-state index is 0.0237. The predicted molar refractivity (Wildman–Crippen MR) is 109 cm³/mol. The molecule has 1 fully saturated rings. The zero-order valence-corrected chi connectivity index (χ0v) is 16.2. The first-order valence-electron chi connectivity index (χ1n) is 9.33. The van der Waals surface area contributed by atoms with Crippen LogP contribution in [0.4, 0.5) is 5.69 Å². The highest BCUT2D eigenvalue weighted by molar-refractivity contribution is 7.12. The molecule has 0 radical (unpaired) electrons. The summed E-state index contributed by atoms with van der Waals surface area (Å²) in [6.07, 6.45) is 0.304. The molecule has 3 rings (SSSR count). The SMILES string of the molecule is O=C(CCNC(=O)c1cccs1)NCCN1CCN(c2ccccc2)CC1. The van der Waals surface area contributed by atoms with Gasteiger partial charge in [0.25, 0.3) is 5.91 Å². The summed E-state index contributed by atoms with van der Waals surface area (Å²) in [5, 5.41) is 7.57. The molecule has 1 aromatic heterocycles. The van der Waals surface area contributed by atoms with E-state index in [2.05, 4.69) is 44.7 Å². The zero-order chi connectivity index (χ0) is 18.9. The Labute approximate surface area is 164 Å². The van der Waals surface area contributed by atoms with Crippen molar-refractivity contribution in [1.82, 2.24) is 15.5 Å². The number of thiophene rings is 1. The van der Waals surface area contributed by atoms with Crippen molar-refractivity contribution in [3.63, 3.8) is 0 Å². The van der Waals surface area contributed by atoms with Gasteiger partial charge in [-0.15, -0.1) is 11.3 Å². The molecule has 2 N–H and O–H groups in total. The second-order valence-corrected chi connectivity index (χ2v) is 7.45. The van der Waals surface area contributed by atoms with Crippen LogP contribution in [0.1, 0.15) is 16.1 Å². The van der Waals surface area contributed by atoms with Crippen LogP contribution in [0.2, 0.25) is 0 Å². The van der Waals surface area contributed by atoms with Gasteiger partial charge in [-0.3, -0.25) is 14.5 Å². The average Bonchev–Trinajstić information content (AvgIpc) is 3.24. The first kappa shape index (κ1) is 19.4. The average molecular weight is 387 g/mol. The Morgan fingerprint density at radius 3 is 2.41 bits per heavy atom. The van der Waals surface area contributed by atoms with Crippen LogP contribution in [0.3, 0.4) is 0 Å². The number of para-hydroxylation sites is 1. The van der Waals surface area contributed by atoms with Gasteiger partial charge in [-0.25, -0.2) is 0 Å². The monoisotopic (exact) mass is 386 g/mol. The number of amides is 2.